The lowest BCUT2D eigenvalue weighted by Crippen LogP contribution is -2.47. The van der Waals surface area contributed by atoms with Crippen LogP contribution in [0.25, 0.3) is 5.65 Å². The largest absolute Gasteiger partial charge is 0.368 e. The van der Waals surface area contributed by atoms with Gasteiger partial charge in [-0.05, 0) is 110 Å². The minimum atomic E-state index is -0.282. The van der Waals surface area contributed by atoms with Gasteiger partial charge < -0.3 is 30.2 Å². The molecular weight excluding hydrogens is 637 g/mol. The summed E-state index contributed by atoms with van der Waals surface area (Å²) in [4.78, 5) is 37.5. The molecule has 4 fully saturated rings. The number of hydrogen-bond donors (Lipinski definition) is 3. The molecule has 3 amide bonds. The third-order valence-electron chi connectivity index (χ3n) is 11.4. The molecule has 3 N–H and O–H groups in total. The van der Waals surface area contributed by atoms with E-state index in [1.807, 2.05) is 65.3 Å². The SMILES string of the molecule is CC1C2C(CN3CCN(c4ccc(NC(=O)NCc5ccn6ccnc6c5)cc4C#Cc4ccc(C(=O)NCCN5CCCCC5)cc4)CC3)C12. The number of hydrogen-bond acceptors (Lipinski definition) is 6. The Morgan fingerprint density at radius 2 is 1.65 bits per heavy atom. The lowest BCUT2D eigenvalue weighted by atomic mass is 10.1. The maximum atomic E-state index is 13.0. The minimum absolute atomic E-state index is 0.0553. The second-order valence-electron chi connectivity index (χ2n) is 14.7. The van der Waals surface area contributed by atoms with Gasteiger partial charge in [0.2, 0.25) is 0 Å². The topological polar surface area (TPSA) is 97.2 Å². The molecule has 2 aromatic heterocycles. The summed E-state index contributed by atoms with van der Waals surface area (Å²) in [6.07, 6.45) is 9.39. The lowest BCUT2D eigenvalue weighted by Gasteiger charge is -2.37. The zero-order valence-electron chi connectivity index (χ0n) is 29.5. The molecule has 4 aromatic rings. The van der Waals surface area contributed by atoms with E-state index in [2.05, 4.69) is 60.5 Å². The second-order valence-corrected chi connectivity index (χ2v) is 14.7. The number of imidazole rings is 1. The maximum Gasteiger partial charge on any atom is 0.319 e. The van der Waals surface area contributed by atoms with E-state index in [1.54, 1.807) is 6.20 Å². The molecule has 2 atom stereocenters. The van der Waals surface area contributed by atoms with Crippen LogP contribution in [0.15, 0.2) is 73.2 Å². The van der Waals surface area contributed by atoms with Gasteiger partial charge in [0.1, 0.15) is 5.65 Å². The van der Waals surface area contributed by atoms with Crippen molar-refractivity contribution in [3.63, 3.8) is 0 Å². The first-order valence-electron chi connectivity index (χ1n) is 18.7. The summed E-state index contributed by atoms with van der Waals surface area (Å²) in [6, 6.07) is 17.2. The van der Waals surface area contributed by atoms with Crippen LogP contribution in [0.4, 0.5) is 16.2 Å². The number of piperazine rings is 1. The first-order chi connectivity index (χ1) is 25.0. The van der Waals surface area contributed by atoms with Crippen molar-refractivity contribution < 1.29 is 9.59 Å². The number of fused-ring (bicyclic) bond motifs is 2. The Bertz CT molecular complexity index is 1920. The Morgan fingerprint density at radius 3 is 2.43 bits per heavy atom. The molecule has 0 radical (unpaired) electrons. The average Bonchev–Trinajstić information content (AvgIpc) is 4.00. The fourth-order valence-corrected chi connectivity index (χ4v) is 8.17. The van der Waals surface area contributed by atoms with Crippen molar-refractivity contribution in [2.24, 2.45) is 23.7 Å². The summed E-state index contributed by atoms with van der Waals surface area (Å²) in [7, 11) is 0. The zero-order chi connectivity index (χ0) is 34.7. The number of nitrogens with zero attached hydrogens (tertiary/aromatic N) is 5. The predicted molar refractivity (Wildman–Crippen MR) is 201 cm³/mol. The van der Waals surface area contributed by atoms with Crippen molar-refractivity contribution in [2.75, 3.05) is 69.1 Å². The molecule has 4 heterocycles. The Labute approximate surface area is 300 Å². The minimum Gasteiger partial charge on any atom is -0.368 e. The number of benzene rings is 2. The number of nitrogens with one attached hydrogen (secondary N) is 3. The van der Waals surface area contributed by atoms with Gasteiger partial charge >= 0.3 is 6.03 Å². The van der Waals surface area contributed by atoms with Gasteiger partial charge in [-0.15, -0.1) is 0 Å². The maximum absolute atomic E-state index is 13.0. The molecule has 2 aromatic carbocycles. The number of amides is 3. The zero-order valence-corrected chi connectivity index (χ0v) is 29.5. The summed E-state index contributed by atoms with van der Waals surface area (Å²) in [5, 5.41) is 9.04. The quantitative estimate of drug-likeness (QED) is 0.206. The molecule has 0 bridgehead atoms. The van der Waals surface area contributed by atoms with Gasteiger partial charge in [-0.25, -0.2) is 9.78 Å². The highest BCUT2D eigenvalue weighted by atomic mass is 16.2. The third-order valence-corrected chi connectivity index (χ3v) is 11.4. The first-order valence-corrected chi connectivity index (χ1v) is 18.7. The second kappa shape index (κ2) is 14.8. The van der Waals surface area contributed by atoms with Gasteiger partial charge in [0, 0.05) is 87.8 Å². The van der Waals surface area contributed by atoms with Crippen LogP contribution < -0.4 is 20.9 Å². The van der Waals surface area contributed by atoms with Crippen LogP contribution in [-0.4, -0.2) is 90.0 Å². The summed E-state index contributed by atoms with van der Waals surface area (Å²) >= 11 is 0. The number of likely N-dealkylation sites (tertiary alicyclic amines) is 1. The number of rotatable bonds is 10. The lowest BCUT2D eigenvalue weighted by molar-refractivity contribution is 0.0946. The van der Waals surface area contributed by atoms with Gasteiger partial charge in [0.15, 0.2) is 0 Å². The van der Waals surface area contributed by atoms with Crippen LogP contribution in [0, 0.1) is 35.5 Å². The van der Waals surface area contributed by atoms with Crippen molar-refractivity contribution in [1.29, 1.82) is 0 Å². The fraction of sp³-hybridized carbons (Fsp3) is 0.439. The first kappa shape index (κ1) is 33.3. The smallest absolute Gasteiger partial charge is 0.319 e. The van der Waals surface area contributed by atoms with Gasteiger partial charge in [-0.1, -0.05) is 25.2 Å². The van der Waals surface area contributed by atoms with Crippen molar-refractivity contribution in [3.05, 3.63) is 95.4 Å². The number of pyridine rings is 1. The van der Waals surface area contributed by atoms with E-state index in [-0.39, 0.29) is 11.9 Å². The molecule has 2 aliphatic carbocycles. The Hall–Kier alpha value is -4.85. The highest BCUT2D eigenvalue weighted by Gasteiger charge is 2.70. The molecule has 4 aliphatic rings. The number of anilines is 2. The molecule has 2 saturated carbocycles. The van der Waals surface area contributed by atoms with Crippen molar-refractivity contribution >= 4 is 29.0 Å². The number of carbonyl (C=O) groups excluding carboxylic acids is 2. The van der Waals surface area contributed by atoms with E-state index in [4.69, 9.17) is 0 Å². The highest BCUT2D eigenvalue weighted by Crippen LogP contribution is 2.72. The van der Waals surface area contributed by atoms with E-state index >= 15 is 0 Å². The van der Waals surface area contributed by atoms with Crippen molar-refractivity contribution in [3.8, 4) is 11.8 Å². The molecule has 2 unspecified atom stereocenters. The summed E-state index contributed by atoms with van der Waals surface area (Å²) < 4.78 is 1.94. The van der Waals surface area contributed by atoms with E-state index in [0.29, 0.717) is 24.3 Å². The van der Waals surface area contributed by atoms with Crippen LogP contribution in [0.2, 0.25) is 0 Å². The molecule has 2 saturated heterocycles. The van der Waals surface area contributed by atoms with Crippen LogP contribution in [0.5, 0.6) is 0 Å². The van der Waals surface area contributed by atoms with Gasteiger partial charge in [-0.3, -0.25) is 9.69 Å². The molecule has 2 aliphatic heterocycles. The van der Waals surface area contributed by atoms with Crippen molar-refractivity contribution in [2.45, 2.75) is 32.7 Å². The van der Waals surface area contributed by atoms with Gasteiger partial charge in [-0.2, -0.15) is 0 Å². The van der Waals surface area contributed by atoms with E-state index in [1.165, 1.54) is 25.8 Å². The molecule has 8 rings (SSSR count). The van der Waals surface area contributed by atoms with Crippen LogP contribution >= 0.6 is 0 Å². The number of piperidine rings is 1. The Balaban J connectivity index is 0.920. The highest BCUT2D eigenvalue weighted by molar-refractivity contribution is 5.94. The Morgan fingerprint density at radius 1 is 0.843 bits per heavy atom. The van der Waals surface area contributed by atoms with Crippen LogP contribution in [-0.2, 0) is 6.54 Å². The Kier molecular flexibility index (Phi) is 9.66. The monoisotopic (exact) mass is 684 g/mol. The van der Waals surface area contributed by atoms with E-state index in [0.717, 1.165) is 97.5 Å². The molecule has 264 valence electrons. The molecule has 10 nitrogen and oxygen atoms in total. The molecular formula is C41H48N8O2. The van der Waals surface area contributed by atoms with E-state index < -0.39 is 0 Å². The van der Waals surface area contributed by atoms with Crippen molar-refractivity contribution in [1.82, 2.24) is 29.8 Å². The standard InChI is InChI=1S/C41H48N8O2/c1-29-38-35(39(29)38)28-47-21-23-48(24-22-47)36-12-11-34(45-41(51)44-27-31-13-18-49-20-15-42-37(49)25-31)26-33(36)10-7-30-5-8-32(9-6-30)40(50)43-14-19-46-16-3-2-4-17-46/h5-6,8-9,11-13,15,18,20,25-26,29,35,38-39H,2-4,14,16-17,19,21-24,27-28H2,1H3,(H,43,50)(H2,44,45,51). The number of urea groups is 1. The summed E-state index contributed by atoms with van der Waals surface area (Å²) in [5.74, 6) is 10.6. The van der Waals surface area contributed by atoms with E-state index in [9.17, 15) is 9.59 Å². The summed E-state index contributed by atoms with van der Waals surface area (Å²) in [5.41, 5.74) is 5.90. The molecule has 10 heteroatoms. The number of carbonyl (C=O) groups is 2. The fourth-order valence-electron chi connectivity index (χ4n) is 8.17. The third kappa shape index (κ3) is 7.90. The number of aromatic nitrogens is 2. The van der Waals surface area contributed by atoms with Gasteiger partial charge in [0.25, 0.3) is 5.91 Å². The molecule has 0 spiro atoms. The average molecular weight is 685 g/mol. The van der Waals surface area contributed by atoms with Crippen LogP contribution in [0.1, 0.15) is 53.2 Å². The van der Waals surface area contributed by atoms with Crippen LogP contribution in [0.3, 0.4) is 0 Å². The predicted octanol–water partition coefficient (Wildman–Crippen LogP) is 4.91. The molecule has 51 heavy (non-hydrogen) atoms. The van der Waals surface area contributed by atoms with Gasteiger partial charge in [0.05, 0.1) is 11.3 Å². The summed E-state index contributed by atoms with van der Waals surface area (Å²) in [6.45, 7) is 11.8. The normalized spacial score (nSPS) is 22.8.